The molecule has 0 spiro atoms. The number of oxazole rings is 1. The second-order valence-electron chi connectivity index (χ2n) is 7.21. The Labute approximate surface area is 198 Å². The van der Waals surface area contributed by atoms with Gasteiger partial charge in [0.05, 0.1) is 24.4 Å². The number of aryl methyl sites for hydroxylation is 1. The van der Waals surface area contributed by atoms with E-state index in [1.165, 1.54) is 23.1 Å². The Morgan fingerprint density at radius 1 is 1.26 bits per heavy atom. The molecule has 13 heteroatoms. The quantitative estimate of drug-likeness (QED) is 0.462. The lowest BCUT2D eigenvalue weighted by Crippen LogP contribution is -2.30. The summed E-state index contributed by atoms with van der Waals surface area (Å²) in [6.45, 7) is -1.61. The molecule has 1 aromatic heterocycles. The van der Waals surface area contributed by atoms with E-state index >= 15 is 0 Å². The first-order valence-electron chi connectivity index (χ1n) is 10.0. The minimum Gasteiger partial charge on any atom is -0.432 e. The number of hydrogen-bond donors (Lipinski definition) is 1. The van der Waals surface area contributed by atoms with Crippen LogP contribution in [0.3, 0.4) is 0 Å². The zero-order valence-corrected chi connectivity index (χ0v) is 19.3. The number of halogens is 3. The van der Waals surface area contributed by atoms with E-state index in [0.717, 1.165) is 18.4 Å². The number of hydrogen-bond acceptors (Lipinski definition) is 8. The van der Waals surface area contributed by atoms with Crippen LogP contribution in [0.4, 0.5) is 24.9 Å². The van der Waals surface area contributed by atoms with E-state index in [0.29, 0.717) is 16.8 Å². The lowest BCUT2D eigenvalue weighted by Gasteiger charge is -2.21. The van der Waals surface area contributed by atoms with E-state index < -0.39 is 34.1 Å². The minimum atomic E-state index is -3.87. The molecule has 0 aliphatic rings. The maximum atomic E-state index is 14.3. The van der Waals surface area contributed by atoms with Gasteiger partial charge in [-0.2, -0.15) is 19.0 Å². The maximum Gasteiger partial charge on any atom is 0.387 e. The van der Waals surface area contributed by atoms with Gasteiger partial charge in [0.15, 0.2) is 17.3 Å². The fraction of sp³-hybridized carbons (Fsp3) is 0.227. The summed E-state index contributed by atoms with van der Waals surface area (Å²) >= 11 is 0. The molecule has 0 saturated heterocycles. The molecule has 0 bridgehead atoms. The number of carbonyl (C=O) groups excluding carboxylic acids is 1. The van der Waals surface area contributed by atoms with Gasteiger partial charge in [-0.3, -0.25) is 9.69 Å². The third-order valence-corrected chi connectivity index (χ3v) is 5.15. The fourth-order valence-electron chi connectivity index (χ4n) is 3.09. The first-order chi connectivity index (χ1) is 16.5. The standard InChI is InChI=1S/C22H19F3N4O5S/c1-3-17-19(20(30)28-35(2,31)32)27-22(34-17)29(15-7-4-13(11-26)5-8-15)12-14-6-9-18(16(23)10-14)33-21(24)25/h4-10,21H,3,12H2,1-2H3,(H,28,30). The SMILES string of the molecule is CCc1oc(N(Cc2ccc(OC(F)F)c(F)c2)c2ccc(C#N)cc2)nc1C(=O)NS(C)(=O)=O. The van der Waals surface area contributed by atoms with Crippen molar-refractivity contribution < 1.29 is 35.5 Å². The summed E-state index contributed by atoms with van der Waals surface area (Å²) in [7, 11) is -3.87. The lowest BCUT2D eigenvalue weighted by atomic mass is 10.1. The van der Waals surface area contributed by atoms with Crippen LogP contribution in [0.5, 0.6) is 5.75 Å². The van der Waals surface area contributed by atoms with Crippen molar-refractivity contribution in [1.29, 1.82) is 5.26 Å². The van der Waals surface area contributed by atoms with Crippen LogP contribution in [-0.2, 0) is 23.0 Å². The van der Waals surface area contributed by atoms with Gasteiger partial charge in [0.2, 0.25) is 10.0 Å². The third kappa shape index (κ3) is 6.51. The summed E-state index contributed by atoms with van der Waals surface area (Å²) in [6.07, 6.45) is 1.02. The Morgan fingerprint density at radius 3 is 2.49 bits per heavy atom. The zero-order chi connectivity index (χ0) is 25.8. The van der Waals surface area contributed by atoms with Crippen molar-refractivity contribution in [2.45, 2.75) is 26.5 Å². The number of rotatable bonds is 9. The number of aromatic nitrogens is 1. The molecule has 1 amide bonds. The second-order valence-corrected chi connectivity index (χ2v) is 8.96. The Kier molecular flexibility index (Phi) is 7.65. The topological polar surface area (TPSA) is 126 Å². The molecule has 184 valence electrons. The van der Waals surface area contributed by atoms with E-state index in [-0.39, 0.29) is 30.4 Å². The molecule has 3 rings (SSSR count). The molecule has 0 radical (unpaired) electrons. The van der Waals surface area contributed by atoms with Crippen molar-refractivity contribution in [3.8, 4) is 11.8 Å². The van der Waals surface area contributed by atoms with E-state index in [1.54, 1.807) is 19.1 Å². The predicted molar refractivity (Wildman–Crippen MR) is 118 cm³/mol. The Morgan fingerprint density at radius 2 is 1.94 bits per heavy atom. The number of nitrogens with one attached hydrogen (secondary N) is 1. The summed E-state index contributed by atoms with van der Waals surface area (Å²) in [5.41, 5.74) is 0.865. The summed E-state index contributed by atoms with van der Waals surface area (Å²) in [5.74, 6) is -2.53. The zero-order valence-electron chi connectivity index (χ0n) is 18.5. The first kappa shape index (κ1) is 25.6. The van der Waals surface area contributed by atoms with Crippen LogP contribution in [0, 0.1) is 17.1 Å². The lowest BCUT2D eigenvalue weighted by molar-refractivity contribution is -0.0522. The summed E-state index contributed by atoms with van der Waals surface area (Å²) in [6, 6.07) is 11.4. The van der Waals surface area contributed by atoms with Gasteiger partial charge >= 0.3 is 12.6 Å². The van der Waals surface area contributed by atoms with Crippen LogP contribution in [0.15, 0.2) is 46.9 Å². The van der Waals surface area contributed by atoms with Crippen molar-refractivity contribution in [2.24, 2.45) is 0 Å². The summed E-state index contributed by atoms with van der Waals surface area (Å²) in [4.78, 5) is 18.0. The highest BCUT2D eigenvalue weighted by molar-refractivity contribution is 7.89. The largest absolute Gasteiger partial charge is 0.432 e. The second kappa shape index (κ2) is 10.5. The highest BCUT2D eigenvalue weighted by Crippen LogP contribution is 2.31. The monoisotopic (exact) mass is 508 g/mol. The molecule has 0 atom stereocenters. The van der Waals surface area contributed by atoms with Gasteiger partial charge in [-0.25, -0.2) is 17.5 Å². The van der Waals surface area contributed by atoms with E-state index in [1.807, 2.05) is 10.8 Å². The molecule has 9 nitrogen and oxygen atoms in total. The number of amides is 1. The molecule has 0 saturated carbocycles. The molecule has 0 fully saturated rings. The number of carbonyl (C=O) groups is 1. The number of anilines is 2. The van der Waals surface area contributed by atoms with Gasteiger partial charge in [0, 0.05) is 12.1 Å². The number of ether oxygens (including phenoxy) is 1. The minimum absolute atomic E-state index is 0.0887. The summed E-state index contributed by atoms with van der Waals surface area (Å²) in [5, 5.41) is 9.07. The van der Waals surface area contributed by atoms with Crippen LogP contribution < -0.4 is 14.4 Å². The van der Waals surface area contributed by atoms with Gasteiger partial charge in [-0.1, -0.05) is 13.0 Å². The third-order valence-electron chi connectivity index (χ3n) is 4.59. The molecule has 0 aliphatic heterocycles. The van der Waals surface area contributed by atoms with Crippen molar-refractivity contribution in [2.75, 3.05) is 11.2 Å². The normalized spacial score (nSPS) is 11.2. The van der Waals surface area contributed by atoms with Crippen LogP contribution in [0.1, 0.15) is 34.3 Å². The Balaban J connectivity index is 2.04. The molecule has 0 unspecified atom stereocenters. The average molecular weight is 508 g/mol. The number of alkyl halides is 2. The molecule has 2 aromatic carbocycles. The van der Waals surface area contributed by atoms with Crippen LogP contribution >= 0.6 is 0 Å². The van der Waals surface area contributed by atoms with Crippen LogP contribution in [-0.4, -0.2) is 32.2 Å². The highest BCUT2D eigenvalue weighted by Gasteiger charge is 2.25. The number of nitrogens with zero attached hydrogens (tertiary/aromatic N) is 3. The molecule has 3 aromatic rings. The average Bonchev–Trinajstić information content (AvgIpc) is 3.22. The first-order valence-corrected chi connectivity index (χ1v) is 11.9. The van der Waals surface area contributed by atoms with Gasteiger partial charge in [-0.05, 0) is 42.0 Å². The predicted octanol–water partition coefficient (Wildman–Crippen LogP) is 3.88. The van der Waals surface area contributed by atoms with Crippen molar-refractivity contribution in [3.05, 3.63) is 70.9 Å². The van der Waals surface area contributed by atoms with Gasteiger partial charge in [-0.15, -0.1) is 0 Å². The van der Waals surface area contributed by atoms with E-state index in [2.05, 4.69) is 9.72 Å². The maximum absolute atomic E-state index is 14.3. The molecule has 0 aliphatic carbocycles. The van der Waals surface area contributed by atoms with E-state index in [9.17, 15) is 26.4 Å². The molecule has 1 heterocycles. The van der Waals surface area contributed by atoms with E-state index in [4.69, 9.17) is 9.68 Å². The molecular formula is C22H19F3N4O5S. The highest BCUT2D eigenvalue weighted by atomic mass is 32.2. The van der Waals surface area contributed by atoms with Gasteiger partial charge in [0.1, 0.15) is 5.76 Å². The number of benzene rings is 2. The van der Waals surface area contributed by atoms with Crippen molar-refractivity contribution >= 4 is 27.6 Å². The molecule has 1 N–H and O–H groups in total. The van der Waals surface area contributed by atoms with Gasteiger partial charge < -0.3 is 9.15 Å². The number of nitriles is 1. The Hall–Kier alpha value is -4.05. The van der Waals surface area contributed by atoms with Crippen LogP contribution in [0.2, 0.25) is 0 Å². The molecular weight excluding hydrogens is 489 g/mol. The number of sulfonamides is 1. The van der Waals surface area contributed by atoms with Gasteiger partial charge in [0.25, 0.3) is 5.91 Å². The Bertz CT molecular complexity index is 1370. The fourth-order valence-corrected chi connectivity index (χ4v) is 3.52. The summed E-state index contributed by atoms with van der Waals surface area (Å²) < 4.78 is 73.8. The van der Waals surface area contributed by atoms with Crippen molar-refractivity contribution in [1.82, 2.24) is 9.71 Å². The van der Waals surface area contributed by atoms with Crippen molar-refractivity contribution in [3.63, 3.8) is 0 Å². The van der Waals surface area contributed by atoms with Crippen LogP contribution in [0.25, 0.3) is 0 Å². The molecule has 35 heavy (non-hydrogen) atoms. The smallest absolute Gasteiger partial charge is 0.387 e.